The lowest BCUT2D eigenvalue weighted by atomic mass is 10.1. The molecule has 0 aliphatic rings. The minimum absolute atomic E-state index is 0.0301. The maximum atomic E-state index is 11.6. The maximum Gasteiger partial charge on any atom is 0.251 e. The molecule has 2 aromatic carbocycles. The van der Waals surface area contributed by atoms with Gasteiger partial charge in [-0.05, 0) is 43.3 Å². The van der Waals surface area contributed by atoms with Gasteiger partial charge in [0.05, 0.1) is 0 Å². The molecule has 0 aliphatic heterocycles. The molecule has 0 aromatic heterocycles. The van der Waals surface area contributed by atoms with Crippen LogP contribution in [0.4, 0.5) is 5.69 Å². The summed E-state index contributed by atoms with van der Waals surface area (Å²) in [6, 6.07) is 11.6. The highest BCUT2D eigenvalue weighted by molar-refractivity contribution is 5.94. The molecule has 1 amide bonds. The minimum Gasteiger partial charge on any atom is -0.508 e. The Hall–Kier alpha value is -2.69. The highest BCUT2D eigenvalue weighted by Crippen LogP contribution is 2.23. The molecule has 4 N–H and O–H groups in total. The molecular formula is C16H18N2O3. The standard InChI is InChI=1S/C16H18N2O3/c1-2-17-16(21)11-3-6-13(7-4-11)18-10-12-5-8-14(19)9-15(12)20/h3-9,18-20H,2,10H2,1H3,(H,17,21). The van der Waals surface area contributed by atoms with Crippen LogP contribution in [0.25, 0.3) is 0 Å². The molecule has 5 nitrogen and oxygen atoms in total. The fourth-order valence-corrected chi connectivity index (χ4v) is 1.90. The van der Waals surface area contributed by atoms with Gasteiger partial charge in [0.15, 0.2) is 0 Å². The fraction of sp³-hybridized carbons (Fsp3) is 0.188. The van der Waals surface area contributed by atoms with E-state index < -0.39 is 0 Å². The first-order valence-corrected chi connectivity index (χ1v) is 6.73. The third-order valence-corrected chi connectivity index (χ3v) is 3.04. The zero-order valence-electron chi connectivity index (χ0n) is 11.8. The van der Waals surface area contributed by atoms with Gasteiger partial charge in [-0.15, -0.1) is 0 Å². The Balaban J connectivity index is 1.99. The molecule has 2 rings (SSSR count). The Morgan fingerprint density at radius 3 is 2.43 bits per heavy atom. The number of phenolic OH excluding ortho intramolecular Hbond substituents is 2. The molecule has 0 heterocycles. The van der Waals surface area contributed by atoms with Crippen molar-refractivity contribution >= 4 is 11.6 Å². The lowest BCUT2D eigenvalue weighted by Crippen LogP contribution is -2.22. The molecule has 0 aliphatic carbocycles. The Bertz CT molecular complexity index is 624. The summed E-state index contributed by atoms with van der Waals surface area (Å²) in [7, 11) is 0. The highest BCUT2D eigenvalue weighted by atomic mass is 16.3. The van der Waals surface area contributed by atoms with E-state index in [9.17, 15) is 15.0 Å². The number of hydrogen-bond donors (Lipinski definition) is 4. The summed E-state index contributed by atoms with van der Waals surface area (Å²) >= 11 is 0. The van der Waals surface area contributed by atoms with Crippen molar-refractivity contribution in [3.63, 3.8) is 0 Å². The van der Waals surface area contributed by atoms with E-state index in [4.69, 9.17) is 0 Å². The number of phenols is 2. The van der Waals surface area contributed by atoms with Crippen molar-refractivity contribution in [1.82, 2.24) is 5.32 Å². The summed E-state index contributed by atoms with van der Waals surface area (Å²) in [6.45, 7) is 2.89. The van der Waals surface area contributed by atoms with Gasteiger partial charge >= 0.3 is 0 Å². The molecule has 5 heteroatoms. The largest absolute Gasteiger partial charge is 0.508 e. The van der Waals surface area contributed by atoms with E-state index in [0.717, 1.165) is 5.69 Å². The van der Waals surface area contributed by atoms with Gasteiger partial charge in [0.1, 0.15) is 11.5 Å². The van der Waals surface area contributed by atoms with Gasteiger partial charge in [0, 0.05) is 36.0 Å². The molecule has 0 saturated heterocycles. The predicted octanol–water partition coefficient (Wildman–Crippen LogP) is 2.46. The SMILES string of the molecule is CCNC(=O)c1ccc(NCc2ccc(O)cc2O)cc1. The van der Waals surface area contributed by atoms with Crippen molar-refractivity contribution < 1.29 is 15.0 Å². The molecule has 21 heavy (non-hydrogen) atoms. The summed E-state index contributed by atoms with van der Waals surface area (Å²) < 4.78 is 0. The van der Waals surface area contributed by atoms with E-state index in [-0.39, 0.29) is 17.4 Å². The first-order chi connectivity index (χ1) is 10.1. The Morgan fingerprint density at radius 1 is 1.10 bits per heavy atom. The lowest BCUT2D eigenvalue weighted by Gasteiger charge is -2.09. The van der Waals surface area contributed by atoms with Crippen LogP contribution in [0.2, 0.25) is 0 Å². The molecule has 0 fully saturated rings. The average molecular weight is 286 g/mol. The molecular weight excluding hydrogens is 268 g/mol. The van der Waals surface area contributed by atoms with Crippen molar-refractivity contribution in [3.8, 4) is 11.5 Å². The van der Waals surface area contributed by atoms with Crippen LogP contribution in [0.5, 0.6) is 11.5 Å². The third kappa shape index (κ3) is 3.89. The van der Waals surface area contributed by atoms with Crippen LogP contribution < -0.4 is 10.6 Å². The van der Waals surface area contributed by atoms with Gasteiger partial charge < -0.3 is 20.8 Å². The number of carbonyl (C=O) groups excluding carboxylic acids is 1. The quantitative estimate of drug-likeness (QED) is 0.680. The maximum absolute atomic E-state index is 11.6. The van der Waals surface area contributed by atoms with Gasteiger partial charge in [-0.1, -0.05) is 0 Å². The van der Waals surface area contributed by atoms with E-state index in [0.29, 0.717) is 24.2 Å². The number of rotatable bonds is 5. The van der Waals surface area contributed by atoms with Crippen LogP contribution in [0.15, 0.2) is 42.5 Å². The van der Waals surface area contributed by atoms with E-state index >= 15 is 0 Å². The molecule has 0 radical (unpaired) electrons. The Morgan fingerprint density at radius 2 is 1.81 bits per heavy atom. The zero-order chi connectivity index (χ0) is 15.2. The van der Waals surface area contributed by atoms with Crippen molar-refractivity contribution in [2.24, 2.45) is 0 Å². The van der Waals surface area contributed by atoms with Crippen LogP contribution in [-0.2, 0) is 6.54 Å². The first kappa shape index (κ1) is 14.7. The second-order valence-electron chi connectivity index (χ2n) is 4.60. The molecule has 0 bridgehead atoms. The van der Waals surface area contributed by atoms with Crippen molar-refractivity contribution in [2.75, 3.05) is 11.9 Å². The van der Waals surface area contributed by atoms with Gasteiger partial charge in [-0.25, -0.2) is 0 Å². The Kier molecular flexibility index (Phi) is 4.66. The zero-order valence-corrected chi connectivity index (χ0v) is 11.8. The molecule has 0 saturated carbocycles. The smallest absolute Gasteiger partial charge is 0.251 e. The van der Waals surface area contributed by atoms with E-state index in [1.54, 1.807) is 18.2 Å². The summed E-state index contributed by atoms with van der Waals surface area (Å²) in [5, 5.41) is 24.8. The molecule has 0 unspecified atom stereocenters. The topological polar surface area (TPSA) is 81.6 Å². The number of benzene rings is 2. The Labute approximate surface area is 123 Å². The predicted molar refractivity (Wildman–Crippen MR) is 81.5 cm³/mol. The number of nitrogens with one attached hydrogen (secondary N) is 2. The molecule has 0 atom stereocenters. The number of anilines is 1. The number of aromatic hydroxyl groups is 2. The summed E-state index contributed by atoms with van der Waals surface area (Å²) in [6.07, 6.45) is 0. The monoisotopic (exact) mass is 286 g/mol. The fourth-order valence-electron chi connectivity index (χ4n) is 1.90. The summed E-state index contributed by atoms with van der Waals surface area (Å²) in [5.74, 6) is -0.0239. The van der Waals surface area contributed by atoms with E-state index in [1.807, 2.05) is 19.1 Å². The normalized spacial score (nSPS) is 10.1. The van der Waals surface area contributed by atoms with Gasteiger partial charge in [-0.2, -0.15) is 0 Å². The van der Waals surface area contributed by atoms with Crippen molar-refractivity contribution in [1.29, 1.82) is 0 Å². The van der Waals surface area contributed by atoms with E-state index in [1.165, 1.54) is 12.1 Å². The minimum atomic E-state index is -0.0970. The van der Waals surface area contributed by atoms with Crippen LogP contribution in [-0.4, -0.2) is 22.7 Å². The molecule has 2 aromatic rings. The summed E-state index contributed by atoms with van der Waals surface area (Å²) in [4.78, 5) is 11.6. The number of carbonyl (C=O) groups is 1. The van der Waals surface area contributed by atoms with Gasteiger partial charge in [0.2, 0.25) is 0 Å². The van der Waals surface area contributed by atoms with Crippen molar-refractivity contribution in [2.45, 2.75) is 13.5 Å². The second kappa shape index (κ2) is 6.65. The second-order valence-corrected chi connectivity index (χ2v) is 4.60. The summed E-state index contributed by atoms with van der Waals surface area (Å²) in [5.41, 5.74) is 2.13. The van der Waals surface area contributed by atoms with Crippen LogP contribution >= 0.6 is 0 Å². The van der Waals surface area contributed by atoms with Gasteiger partial charge in [0.25, 0.3) is 5.91 Å². The molecule has 110 valence electrons. The third-order valence-electron chi connectivity index (χ3n) is 3.04. The molecule has 0 spiro atoms. The van der Waals surface area contributed by atoms with Gasteiger partial charge in [-0.3, -0.25) is 4.79 Å². The van der Waals surface area contributed by atoms with Crippen LogP contribution in [0.3, 0.4) is 0 Å². The average Bonchev–Trinajstić information content (AvgIpc) is 2.47. The van der Waals surface area contributed by atoms with Crippen molar-refractivity contribution in [3.05, 3.63) is 53.6 Å². The highest BCUT2D eigenvalue weighted by Gasteiger charge is 2.05. The first-order valence-electron chi connectivity index (χ1n) is 6.73. The van der Waals surface area contributed by atoms with Crippen LogP contribution in [0, 0.1) is 0 Å². The lowest BCUT2D eigenvalue weighted by molar-refractivity contribution is 0.0956. The van der Waals surface area contributed by atoms with E-state index in [2.05, 4.69) is 10.6 Å². The van der Waals surface area contributed by atoms with Crippen LogP contribution in [0.1, 0.15) is 22.8 Å². The number of amides is 1. The number of hydrogen-bond acceptors (Lipinski definition) is 4.